The van der Waals surface area contributed by atoms with Crippen LogP contribution in [0.25, 0.3) is 0 Å². The van der Waals surface area contributed by atoms with Crippen LogP contribution in [0.15, 0.2) is 0 Å². The number of carbonyl (C=O) groups is 6. The minimum Gasteiger partial charge on any atom is -0.480 e. The third-order valence-electron chi connectivity index (χ3n) is 6.85. The highest BCUT2D eigenvalue weighted by molar-refractivity contribution is 5.69. The van der Waals surface area contributed by atoms with Crippen LogP contribution in [0.5, 0.6) is 0 Å². The predicted octanol–water partition coefficient (Wildman–Crippen LogP) is -2.32. The monoisotopic (exact) mass is 866 g/mol. The Morgan fingerprint density at radius 1 is 0.237 bits per heavy atom. The molecule has 0 heterocycles. The summed E-state index contributed by atoms with van der Waals surface area (Å²) in [6, 6.07) is 0. The minimum atomic E-state index is -1.18. The fourth-order valence-corrected chi connectivity index (χ4v) is 4.38. The second-order valence-corrected chi connectivity index (χ2v) is 12.5. The van der Waals surface area contributed by atoms with E-state index in [0.717, 1.165) is 0 Å². The van der Waals surface area contributed by atoms with Gasteiger partial charge in [0, 0.05) is 0 Å². The van der Waals surface area contributed by atoms with Gasteiger partial charge in [-0.15, -0.1) is 0 Å². The van der Waals surface area contributed by atoms with E-state index in [9.17, 15) is 28.8 Å². The molecule has 25 heteroatoms. The molecule has 0 amide bonds. The summed E-state index contributed by atoms with van der Waals surface area (Å²) in [6.45, 7) is -5.40. The summed E-state index contributed by atoms with van der Waals surface area (Å²) in [5.74, 6) is -7.09. The molecule has 25 nitrogen and oxygen atoms in total. The highest BCUT2D eigenvalue weighted by Crippen LogP contribution is 2.25. The Hall–Kier alpha value is -3.70. The Morgan fingerprint density at radius 2 is 0.373 bits per heavy atom. The standard InChI is InChI=1S/C34H58O25/c35-27(36)13-47-1-7-53-19-33(20-54-8-2-48-14-28(37)38,21-55-9-3-49-15-29(39)40)25-59-26-34(22-56-10-4-50-16-30(41)42,23-57-11-5-51-17-31(43)44)24-58-12-6-52-18-32(45)46/h1-26H2,(H,35,36)(H,37,38)(H,39,40)(H,41,42)(H,43,44)(H,45,46). The summed E-state index contributed by atoms with van der Waals surface area (Å²) in [5.41, 5.74) is -2.30. The normalized spacial score (nSPS) is 11.8. The molecule has 0 fully saturated rings. The van der Waals surface area contributed by atoms with Crippen molar-refractivity contribution in [1.82, 2.24) is 0 Å². The summed E-state index contributed by atoms with van der Waals surface area (Å²) < 4.78 is 71.5. The first-order valence-corrected chi connectivity index (χ1v) is 18.0. The van der Waals surface area contributed by atoms with E-state index < -0.39 is 86.3 Å². The summed E-state index contributed by atoms with van der Waals surface area (Å²) in [5, 5.41) is 53.2. The van der Waals surface area contributed by atoms with Crippen LogP contribution in [0, 0.1) is 10.8 Å². The fourth-order valence-electron chi connectivity index (χ4n) is 4.38. The zero-order valence-corrected chi connectivity index (χ0v) is 32.8. The highest BCUT2D eigenvalue weighted by Gasteiger charge is 2.37. The van der Waals surface area contributed by atoms with Gasteiger partial charge in [0.2, 0.25) is 0 Å². The summed E-state index contributed by atoms with van der Waals surface area (Å²) in [4.78, 5) is 65.1. The van der Waals surface area contributed by atoms with E-state index in [1.807, 2.05) is 0 Å². The van der Waals surface area contributed by atoms with Crippen molar-refractivity contribution in [1.29, 1.82) is 0 Å². The van der Waals surface area contributed by atoms with Crippen molar-refractivity contribution >= 4 is 35.8 Å². The van der Waals surface area contributed by atoms with Crippen LogP contribution in [0.3, 0.4) is 0 Å². The molecular weight excluding hydrogens is 808 g/mol. The van der Waals surface area contributed by atoms with Crippen molar-refractivity contribution < 1.29 is 121 Å². The average Bonchev–Trinajstić information content (AvgIpc) is 3.16. The van der Waals surface area contributed by atoms with Gasteiger partial charge in [0.15, 0.2) is 0 Å². The van der Waals surface area contributed by atoms with Gasteiger partial charge in [0.25, 0.3) is 0 Å². The van der Waals surface area contributed by atoms with E-state index >= 15 is 0 Å². The van der Waals surface area contributed by atoms with Crippen molar-refractivity contribution in [3.05, 3.63) is 0 Å². The van der Waals surface area contributed by atoms with E-state index in [0.29, 0.717) is 0 Å². The molecule has 0 aliphatic heterocycles. The van der Waals surface area contributed by atoms with Crippen molar-refractivity contribution in [3.8, 4) is 0 Å². The first-order valence-electron chi connectivity index (χ1n) is 18.0. The molecule has 344 valence electrons. The maximum Gasteiger partial charge on any atom is 0.329 e. The van der Waals surface area contributed by atoms with Crippen LogP contribution in [-0.4, -0.2) is 238 Å². The van der Waals surface area contributed by atoms with Crippen molar-refractivity contribution in [3.63, 3.8) is 0 Å². The Balaban J connectivity index is 6.27. The zero-order valence-electron chi connectivity index (χ0n) is 32.8. The van der Waals surface area contributed by atoms with Crippen LogP contribution in [0.2, 0.25) is 0 Å². The Bertz CT molecular complexity index is 936. The molecule has 0 aromatic rings. The maximum absolute atomic E-state index is 10.9. The van der Waals surface area contributed by atoms with Gasteiger partial charge in [0.05, 0.1) is 143 Å². The number of rotatable bonds is 46. The van der Waals surface area contributed by atoms with Crippen LogP contribution >= 0.6 is 0 Å². The molecule has 0 unspecified atom stereocenters. The van der Waals surface area contributed by atoms with Crippen LogP contribution < -0.4 is 0 Å². The van der Waals surface area contributed by atoms with E-state index in [2.05, 4.69) is 0 Å². The van der Waals surface area contributed by atoms with Gasteiger partial charge in [-0.25, -0.2) is 28.8 Å². The molecule has 6 N–H and O–H groups in total. The Morgan fingerprint density at radius 3 is 0.525 bits per heavy atom. The molecule has 0 aliphatic carbocycles. The number of hydrogen-bond acceptors (Lipinski definition) is 19. The largest absolute Gasteiger partial charge is 0.480 e. The topological polar surface area (TPSA) is 344 Å². The first kappa shape index (κ1) is 55.3. The molecular formula is C34H58O25. The summed E-state index contributed by atoms with van der Waals surface area (Å²) in [7, 11) is 0. The molecule has 0 aromatic carbocycles. The number of aliphatic carboxylic acids is 6. The third kappa shape index (κ3) is 35.9. The van der Waals surface area contributed by atoms with Gasteiger partial charge in [-0.3, -0.25) is 0 Å². The van der Waals surface area contributed by atoms with Crippen LogP contribution in [-0.2, 0) is 90.3 Å². The molecule has 0 saturated carbocycles. The lowest BCUT2D eigenvalue weighted by Crippen LogP contribution is -2.46. The molecule has 0 saturated heterocycles. The van der Waals surface area contributed by atoms with Crippen molar-refractivity contribution in [2.75, 3.05) is 172 Å². The molecule has 0 atom stereocenters. The molecule has 0 radical (unpaired) electrons. The summed E-state index contributed by atoms with van der Waals surface area (Å²) in [6.07, 6.45) is 0. The second kappa shape index (κ2) is 36.2. The maximum atomic E-state index is 10.9. The lowest BCUT2D eigenvalue weighted by atomic mass is 9.90. The number of hydrogen-bond donors (Lipinski definition) is 6. The number of ether oxygens (including phenoxy) is 13. The lowest BCUT2D eigenvalue weighted by molar-refractivity contribution is -0.154. The fraction of sp³-hybridized carbons (Fsp3) is 0.824. The SMILES string of the molecule is O=C(O)COCCOCC(COCCOCC(=O)O)(COCCOCC(=O)O)COCC(COCCOCC(=O)O)(COCCOCC(=O)O)COCCOCC(=O)O. The van der Waals surface area contributed by atoms with Crippen LogP contribution in [0.1, 0.15) is 0 Å². The average molecular weight is 867 g/mol. The molecule has 0 aromatic heterocycles. The third-order valence-corrected chi connectivity index (χ3v) is 6.85. The molecule has 59 heavy (non-hydrogen) atoms. The second-order valence-electron chi connectivity index (χ2n) is 12.5. The minimum absolute atomic E-state index is 0.0597. The van der Waals surface area contributed by atoms with Gasteiger partial charge in [-0.1, -0.05) is 0 Å². The zero-order chi connectivity index (χ0) is 44.0. The van der Waals surface area contributed by atoms with E-state index in [1.54, 1.807) is 0 Å². The smallest absolute Gasteiger partial charge is 0.329 e. The van der Waals surface area contributed by atoms with Crippen molar-refractivity contribution in [2.45, 2.75) is 0 Å². The van der Waals surface area contributed by atoms with E-state index in [1.165, 1.54) is 0 Å². The molecule has 0 bridgehead atoms. The van der Waals surface area contributed by atoms with Gasteiger partial charge in [-0.2, -0.15) is 0 Å². The first-order chi connectivity index (χ1) is 28.2. The van der Waals surface area contributed by atoms with Gasteiger partial charge >= 0.3 is 35.8 Å². The molecule has 0 rings (SSSR count). The molecule has 0 aliphatic rings. The lowest BCUT2D eigenvalue weighted by Gasteiger charge is -2.37. The Kier molecular flexibility index (Phi) is 33.9. The number of carboxylic acids is 6. The van der Waals surface area contributed by atoms with E-state index in [4.69, 9.17) is 92.2 Å². The summed E-state index contributed by atoms with van der Waals surface area (Å²) >= 11 is 0. The van der Waals surface area contributed by atoms with Gasteiger partial charge < -0.3 is 92.2 Å². The van der Waals surface area contributed by atoms with Gasteiger partial charge in [-0.05, 0) is 0 Å². The Labute approximate surface area is 339 Å². The van der Waals surface area contributed by atoms with Crippen molar-refractivity contribution in [2.24, 2.45) is 10.8 Å². The highest BCUT2D eigenvalue weighted by atomic mass is 16.6. The predicted molar refractivity (Wildman–Crippen MR) is 191 cm³/mol. The van der Waals surface area contributed by atoms with Gasteiger partial charge in [0.1, 0.15) is 39.6 Å². The van der Waals surface area contributed by atoms with Crippen LogP contribution in [0.4, 0.5) is 0 Å². The quantitative estimate of drug-likeness (QED) is 0.0350. The number of carboxylic acid groups (broad SMARTS) is 6. The van der Waals surface area contributed by atoms with E-state index in [-0.39, 0.29) is 132 Å². The molecule has 0 spiro atoms.